The number of fused-ring (bicyclic) bond motifs is 3. The maximum absolute atomic E-state index is 14.3. The number of thiophene rings is 1. The first kappa shape index (κ1) is 18.9. The molecule has 29 heavy (non-hydrogen) atoms. The molecule has 3 aromatic rings. The van der Waals surface area contributed by atoms with E-state index in [1.807, 2.05) is 0 Å². The Labute approximate surface area is 173 Å². The molecule has 0 spiro atoms. The zero-order valence-electron chi connectivity index (χ0n) is 16.5. The van der Waals surface area contributed by atoms with Crippen LogP contribution < -0.4 is 4.74 Å². The fraction of sp³-hybridized carbons (Fsp3) is 0.455. The van der Waals surface area contributed by atoms with Gasteiger partial charge in [-0.2, -0.15) is 4.98 Å². The van der Waals surface area contributed by atoms with E-state index in [4.69, 9.17) is 19.4 Å². The minimum Gasteiger partial charge on any atom is -0.435 e. The van der Waals surface area contributed by atoms with Gasteiger partial charge in [0.2, 0.25) is 5.88 Å². The van der Waals surface area contributed by atoms with Gasteiger partial charge in [0.15, 0.2) is 11.6 Å². The van der Waals surface area contributed by atoms with Gasteiger partial charge in [0.1, 0.15) is 10.7 Å². The third-order valence-corrected chi connectivity index (χ3v) is 6.83. The van der Waals surface area contributed by atoms with E-state index in [0.29, 0.717) is 18.3 Å². The van der Waals surface area contributed by atoms with Crippen LogP contribution in [0.3, 0.4) is 0 Å². The number of halogens is 1. The smallest absolute Gasteiger partial charge is 0.231 e. The van der Waals surface area contributed by atoms with Gasteiger partial charge in [-0.25, -0.2) is 9.37 Å². The van der Waals surface area contributed by atoms with E-state index in [1.165, 1.54) is 16.5 Å². The predicted octanol–water partition coefficient (Wildman–Crippen LogP) is 4.58. The topological polar surface area (TPSA) is 47.5 Å². The Hall–Kier alpha value is -2.09. The molecule has 5 rings (SSSR count). The first-order valence-electron chi connectivity index (χ1n) is 10.2. The van der Waals surface area contributed by atoms with E-state index in [9.17, 15) is 4.39 Å². The third kappa shape index (κ3) is 3.86. The van der Waals surface area contributed by atoms with E-state index in [-0.39, 0.29) is 11.6 Å². The molecule has 3 heterocycles. The van der Waals surface area contributed by atoms with Crippen LogP contribution in [0.2, 0.25) is 0 Å². The average Bonchev–Trinajstić information content (AvgIpc) is 3.08. The van der Waals surface area contributed by atoms with Gasteiger partial charge in [0, 0.05) is 18.0 Å². The Bertz CT molecular complexity index is 1030. The van der Waals surface area contributed by atoms with Crippen LogP contribution in [0.1, 0.15) is 29.6 Å². The van der Waals surface area contributed by atoms with Crippen molar-refractivity contribution < 1.29 is 13.9 Å². The van der Waals surface area contributed by atoms with E-state index < -0.39 is 0 Å². The highest BCUT2D eigenvalue weighted by molar-refractivity contribution is 7.18. The van der Waals surface area contributed by atoms with Crippen molar-refractivity contribution in [3.05, 3.63) is 46.3 Å². The fourth-order valence-electron chi connectivity index (χ4n) is 4.09. The lowest BCUT2D eigenvalue weighted by molar-refractivity contribution is 0.0330. The first-order chi connectivity index (χ1) is 14.2. The number of ether oxygens (including phenoxy) is 2. The molecular formula is C22H24FN3O2S. The van der Waals surface area contributed by atoms with Crippen molar-refractivity contribution in [3.63, 3.8) is 0 Å². The summed E-state index contributed by atoms with van der Waals surface area (Å²) in [6, 6.07) is 6.49. The molecule has 152 valence electrons. The molecule has 2 aliphatic rings. The van der Waals surface area contributed by atoms with Crippen LogP contribution in [0.15, 0.2) is 24.3 Å². The van der Waals surface area contributed by atoms with E-state index in [0.717, 1.165) is 61.6 Å². The molecule has 1 fully saturated rings. The van der Waals surface area contributed by atoms with Crippen molar-refractivity contribution in [1.29, 1.82) is 0 Å². The summed E-state index contributed by atoms with van der Waals surface area (Å²) >= 11 is 1.74. The summed E-state index contributed by atoms with van der Waals surface area (Å²) in [5.41, 5.74) is 1.28. The maximum atomic E-state index is 14.3. The zero-order chi connectivity index (χ0) is 19.8. The number of aromatic nitrogens is 2. The molecular weight excluding hydrogens is 389 g/mol. The second kappa shape index (κ2) is 7.97. The minimum absolute atomic E-state index is 0.203. The highest BCUT2D eigenvalue weighted by Gasteiger charge is 2.26. The summed E-state index contributed by atoms with van der Waals surface area (Å²) in [6.07, 6.45) is 3.21. The molecule has 0 bridgehead atoms. The second-order valence-corrected chi connectivity index (χ2v) is 8.98. The van der Waals surface area contributed by atoms with Crippen LogP contribution in [0.5, 0.6) is 11.6 Å². The summed E-state index contributed by atoms with van der Waals surface area (Å²) in [5.74, 6) is 1.70. The van der Waals surface area contributed by atoms with Gasteiger partial charge in [0.25, 0.3) is 0 Å². The average molecular weight is 414 g/mol. The summed E-state index contributed by atoms with van der Waals surface area (Å²) in [5, 5.41) is 0.964. The van der Waals surface area contributed by atoms with Gasteiger partial charge in [-0.1, -0.05) is 19.1 Å². The monoisotopic (exact) mass is 413 g/mol. The number of para-hydroxylation sites is 1. The Balaban J connectivity index is 1.58. The maximum Gasteiger partial charge on any atom is 0.231 e. The number of aryl methyl sites for hydroxylation is 1. The molecule has 1 aliphatic carbocycles. The highest BCUT2D eigenvalue weighted by atomic mass is 32.1. The second-order valence-electron chi connectivity index (χ2n) is 7.90. The number of hydrogen-bond donors (Lipinski definition) is 0. The molecule has 5 nitrogen and oxygen atoms in total. The number of hydrogen-bond acceptors (Lipinski definition) is 6. The van der Waals surface area contributed by atoms with Crippen molar-refractivity contribution in [2.75, 3.05) is 26.3 Å². The van der Waals surface area contributed by atoms with E-state index in [2.05, 4.69) is 11.8 Å². The van der Waals surface area contributed by atoms with Gasteiger partial charge in [-0.15, -0.1) is 11.3 Å². The molecule has 0 radical (unpaired) electrons. The molecule has 0 unspecified atom stereocenters. The van der Waals surface area contributed by atoms with Gasteiger partial charge in [0.05, 0.1) is 25.1 Å². The number of rotatable bonds is 4. The molecule has 7 heteroatoms. The van der Waals surface area contributed by atoms with Gasteiger partial charge in [-0.3, -0.25) is 4.90 Å². The van der Waals surface area contributed by atoms with Gasteiger partial charge >= 0.3 is 0 Å². The largest absolute Gasteiger partial charge is 0.435 e. The molecule has 2 aromatic heterocycles. The Kier molecular flexibility index (Phi) is 5.20. The SMILES string of the molecule is C[C@@H]1CCc2c(sc3nc(CN4CCOCC4)nc(Oc4ccccc4F)c23)C1. The van der Waals surface area contributed by atoms with Crippen molar-refractivity contribution in [1.82, 2.24) is 14.9 Å². The van der Waals surface area contributed by atoms with Gasteiger partial charge < -0.3 is 9.47 Å². The predicted molar refractivity (Wildman–Crippen MR) is 111 cm³/mol. The van der Waals surface area contributed by atoms with Crippen molar-refractivity contribution in [3.8, 4) is 11.6 Å². The Morgan fingerprint density at radius 3 is 2.90 bits per heavy atom. The van der Waals surface area contributed by atoms with Crippen LogP contribution in [-0.4, -0.2) is 41.2 Å². The summed E-state index contributed by atoms with van der Waals surface area (Å²) in [7, 11) is 0. The lowest BCUT2D eigenvalue weighted by Crippen LogP contribution is -2.36. The van der Waals surface area contributed by atoms with Crippen molar-refractivity contribution in [2.45, 2.75) is 32.7 Å². The Morgan fingerprint density at radius 2 is 2.07 bits per heavy atom. The molecule has 0 amide bonds. The van der Waals surface area contributed by atoms with Crippen molar-refractivity contribution >= 4 is 21.6 Å². The zero-order valence-corrected chi connectivity index (χ0v) is 17.3. The molecule has 1 aromatic carbocycles. The van der Waals surface area contributed by atoms with Gasteiger partial charge in [-0.05, 0) is 42.9 Å². The number of benzene rings is 1. The van der Waals surface area contributed by atoms with Crippen LogP contribution in [0, 0.1) is 11.7 Å². The number of morpholine rings is 1. The van der Waals surface area contributed by atoms with Crippen molar-refractivity contribution in [2.24, 2.45) is 5.92 Å². The molecule has 1 aliphatic heterocycles. The molecule has 1 saturated heterocycles. The summed E-state index contributed by atoms with van der Waals surface area (Å²) in [4.78, 5) is 14.2. The minimum atomic E-state index is -0.383. The van der Waals surface area contributed by atoms with E-state index >= 15 is 0 Å². The highest BCUT2D eigenvalue weighted by Crippen LogP contribution is 2.42. The molecule has 0 N–H and O–H groups in total. The normalized spacial score (nSPS) is 20.0. The van der Waals surface area contributed by atoms with Crippen LogP contribution in [0.4, 0.5) is 4.39 Å². The van der Waals surface area contributed by atoms with Crippen LogP contribution in [-0.2, 0) is 24.1 Å². The third-order valence-electron chi connectivity index (χ3n) is 5.68. The van der Waals surface area contributed by atoms with Crippen LogP contribution >= 0.6 is 11.3 Å². The number of nitrogens with zero attached hydrogens (tertiary/aromatic N) is 3. The van der Waals surface area contributed by atoms with Crippen LogP contribution in [0.25, 0.3) is 10.2 Å². The van der Waals surface area contributed by atoms with E-state index in [1.54, 1.807) is 29.5 Å². The summed E-state index contributed by atoms with van der Waals surface area (Å²) < 4.78 is 25.8. The lowest BCUT2D eigenvalue weighted by atomic mass is 9.89. The summed E-state index contributed by atoms with van der Waals surface area (Å²) in [6.45, 7) is 6.12. The quantitative estimate of drug-likeness (QED) is 0.627. The lowest BCUT2D eigenvalue weighted by Gasteiger charge is -2.25. The molecule has 1 atom stereocenters. The molecule has 0 saturated carbocycles. The standard InChI is InChI=1S/C22H24FN3O2S/c1-14-6-7-15-18(12-14)29-22-20(15)21(28-17-5-3-2-4-16(17)23)24-19(25-22)13-26-8-10-27-11-9-26/h2-5,14H,6-13H2,1H3/t14-/m1/s1. The Morgan fingerprint density at radius 1 is 1.24 bits per heavy atom. The first-order valence-corrected chi connectivity index (χ1v) is 11.0. The fourth-order valence-corrected chi connectivity index (χ4v) is 5.48.